The van der Waals surface area contributed by atoms with Crippen LogP contribution in [0, 0.1) is 5.41 Å². The van der Waals surface area contributed by atoms with Gasteiger partial charge in [0.15, 0.2) is 0 Å². The maximum atomic E-state index is 11.4. The Morgan fingerprint density at radius 1 is 1.50 bits per heavy atom. The molecule has 0 bridgehead atoms. The van der Waals surface area contributed by atoms with Gasteiger partial charge in [0, 0.05) is 6.20 Å². The molecule has 10 heavy (non-hydrogen) atoms. The standard InChI is InChI=1S/C4H6F3N3/c5-4(6,7)3(8)1-2-10-9/h1-2,8,10H,9H2/b2-1-,8-3?. The molecule has 3 nitrogen and oxygen atoms in total. The second kappa shape index (κ2) is 3.21. The third kappa shape index (κ3) is 3.08. The van der Waals surface area contributed by atoms with E-state index in [4.69, 9.17) is 5.41 Å². The van der Waals surface area contributed by atoms with Gasteiger partial charge in [-0.15, -0.1) is 0 Å². The van der Waals surface area contributed by atoms with Gasteiger partial charge in [0.25, 0.3) is 0 Å². The van der Waals surface area contributed by atoms with Crippen molar-refractivity contribution >= 4 is 5.71 Å². The van der Waals surface area contributed by atoms with Crippen molar-refractivity contribution < 1.29 is 13.2 Å². The van der Waals surface area contributed by atoms with Gasteiger partial charge in [0.1, 0.15) is 5.71 Å². The van der Waals surface area contributed by atoms with Gasteiger partial charge in [0.2, 0.25) is 0 Å². The van der Waals surface area contributed by atoms with Crippen LogP contribution >= 0.6 is 0 Å². The molecule has 0 amide bonds. The van der Waals surface area contributed by atoms with E-state index in [1.165, 1.54) is 0 Å². The monoisotopic (exact) mass is 153 g/mol. The maximum absolute atomic E-state index is 11.4. The van der Waals surface area contributed by atoms with Crippen LogP contribution in [0.3, 0.4) is 0 Å². The summed E-state index contributed by atoms with van der Waals surface area (Å²) in [7, 11) is 0. The Morgan fingerprint density at radius 3 is 2.30 bits per heavy atom. The molecular formula is C4H6F3N3. The van der Waals surface area contributed by atoms with Gasteiger partial charge in [-0.25, -0.2) is 0 Å². The topological polar surface area (TPSA) is 61.9 Å². The van der Waals surface area contributed by atoms with Gasteiger partial charge in [-0.2, -0.15) is 13.2 Å². The van der Waals surface area contributed by atoms with Crippen molar-refractivity contribution in [1.29, 1.82) is 5.41 Å². The second-order valence-corrected chi connectivity index (χ2v) is 1.41. The molecule has 0 aliphatic heterocycles. The first kappa shape index (κ1) is 8.96. The van der Waals surface area contributed by atoms with Gasteiger partial charge in [-0.1, -0.05) is 0 Å². The van der Waals surface area contributed by atoms with Gasteiger partial charge in [-0.05, 0) is 6.08 Å². The van der Waals surface area contributed by atoms with Crippen LogP contribution in [-0.2, 0) is 0 Å². The predicted molar refractivity (Wildman–Crippen MR) is 30.2 cm³/mol. The summed E-state index contributed by atoms with van der Waals surface area (Å²) in [6, 6.07) is 0. The molecule has 0 aromatic heterocycles. The van der Waals surface area contributed by atoms with E-state index in [0.717, 1.165) is 6.20 Å². The molecule has 0 unspecified atom stereocenters. The zero-order valence-corrected chi connectivity index (χ0v) is 4.87. The SMILES string of the molecule is N=C(/C=C\NN)C(F)(F)F. The minimum atomic E-state index is -4.59. The van der Waals surface area contributed by atoms with E-state index in [2.05, 4.69) is 5.84 Å². The minimum Gasteiger partial charge on any atom is -0.331 e. The number of nitrogens with one attached hydrogen (secondary N) is 2. The third-order valence-electron chi connectivity index (χ3n) is 0.652. The molecule has 4 N–H and O–H groups in total. The Labute approximate surface area is 55.2 Å². The van der Waals surface area contributed by atoms with Gasteiger partial charge < -0.3 is 5.43 Å². The molecule has 0 heterocycles. The van der Waals surface area contributed by atoms with Gasteiger partial charge in [-0.3, -0.25) is 11.3 Å². The summed E-state index contributed by atoms with van der Waals surface area (Å²) in [5.74, 6) is 4.62. The van der Waals surface area contributed by atoms with E-state index >= 15 is 0 Å². The molecule has 0 aromatic carbocycles. The summed E-state index contributed by atoms with van der Waals surface area (Å²) in [6.45, 7) is 0. The molecular weight excluding hydrogens is 147 g/mol. The van der Waals surface area contributed by atoms with Crippen molar-refractivity contribution in [2.45, 2.75) is 6.18 Å². The Bertz CT molecular complexity index is 148. The Balaban J connectivity index is 3.98. The van der Waals surface area contributed by atoms with Crippen molar-refractivity contribution in [2.24, 2.45) is 5.84 Å². The van der Waals surface area contributed by atoms with E-state index in [1.54, 1.807) is 0 Å². The number of hydrogen-bond acceptors (Lipinski definition) is 3. The van der Waals surface area contributed by atoms with Crippen molar-refractivity contribution in [3.8, 4) is 0 Å². The minimum absolute atomic E-state index is 0.528. The van der Waals surface area contributed by atoms with Crippen LogP contribution in [0.15, 0.2) is 12.3 Å². The first-order chi connectivity index (χ1) is 4.48. The lowest BCUT2D eigenvalue weighted by atomic mass is 10.3. The number of hydrazine groups is 1. The smallest absolute Gasteiger partial charge is 0.331 e. The molecule has 0 saturated carbocycles. The first-order valence-corrected chi connectivity index (χ1v) is 2.27. The Kier molecular flexibility index (Phi) is 2.88. The van der Waals surface area contributed by atoms with Crippen molar-refractivity contribution in [3.63, 3.8) is 0 Å². The van der Waals surface area contributed by atoms with Crippen LogP contribution in [0.4, 0.5) is 13.2 Å². The van der Waals surface area contributed by atoms with Crippen molar-refractivity contribution in [1.82, 2.24) is 5.43 Å². The molecule has 58 valence electrons. The van der Waals surface area contributed by atoms with Crippen LogP contribution in [0.1, 0.15) is 0 Å². The summed E-state index contributed by atoms with van der Waals surface area (Å²) in [5.41, 5.74) is 0.410. The predicted octanol–water partition coefficient (Wildman–Crippen LogP) is 0.545. The molecule has 0 aromatic rings. The molecule has 0 radical (unpaired) electrons. The number of halogens is 3. The van der Waals surface area contributed by atoms with Crippen molar-refractivity contribution in [2.75, 3.05) is 0 Å². The summed E-state index contributed by atoms with van der Waals surface area (Å²) < 4.78 is 34.3. The summed E-state index contributed by atoms with van der Waals surface area (Å²) in [5, 5.41) is 6.34. The highest BCUT2D eigenvalue weighted by atomic mass is 19.4. The van der Waals surface area contributed by atoms with Crippen molar-refractivity contribution in [3.05, 3.63) is 12.3 Å². The normalized spacial score (nSPS) is 12.0. The average Bonchev–Trinajstić information content (AvgIpc) is 1.80. The maximum Gasteiger partial charge on any atom is 0.432 e. The van der Waals surface area contributed by atoms with E-state index in [-0.39, 0.29) is 0 Å². The van der Waals surface area contributed by atoms with E-state index in [1.807, 2.05) is 5.43 Å². The third-order valence-corrected chi connectivity index (χ3v) is 0.652. The fourth-order valence-electron chi connectivity index (χ4n) is 0.226. The fraction of sp³-hybridized carbons (Fsp3) is 0.250. The Morgan fingerprint density at radius 2 is 2.00 bits per heavy atom. The zero-order valence-electron chi connectivity index (χ0n) is 4.87. The summed E-state index contributed by atoms with van der Waals surface area (Å²) in [6.07, 6.45) is -3.23. The van der Waals surface area contributed by atoms with Crippen LogP contribution in [0.25, 0.3) is 0 Å². The number of rotatable bonds is 2. The lowest BCUT2D eigenvalue weighted by Crippen LogP contribution is -2.21. The fourth-order valence-corrected chi connectivity index (χ4v) is 0.226. The molecule has 6 heteroatoms. The largest absolute Gasteiger partial charge is 0.432 e. The van der Waals surface area contributed by atoms with Crippen LogP contribution in [-0.4, -0.2) is 11.9 Å². The Hall–Kier alpha value is -1.04. The molecule has 0 fully saturated rings. The molecule has 0 aliphatic carbocycles. The summed E-state index contributed by atoms with van der Waals surface area (Å²) >= 11 is 0. The first-order valence-electron chi connectivity index (χ1n) is 2.27. The average molecular weight is 153 g/mol. The lowest BCUT2D eigenvalue weighted by molar-refractivity contribution is -0.0584. The molecule has 0 aliphatic rings. The number of allylic oxidation sites excluding steroid dienone is 1. The molecule has 0 atom stereocenters. The van der Waals surface area contributed by atoms with E-state index in [0.29, 0.717) is 6.08 Å². The highest BCUT2D eigenvalue weighted by Gasteiger charge is 2.31. The highest BCUT2D eigenvalue weighted by Crippen LogP contribution is 2.16. The second-order valence-electron chi connectivity index (χ2n) is 1.41. The zero-order chi connectivity index (χ0) is 8.20. The summed E-state index contributed by atoms with van der Waals surface area (Å²) in [4.78, 5) is 0. The molecule has 0 saturated heterocycles. The van der Waals surface area contributed by atoms with Crippen LogP contribution in [0.5, 0.6) is 0 Å². The van der Waals surface area contributed by atoms with E-state index in [9.17, 15) is 13.2 Å². The van der Waals surface area contributed by atoms with Gasteiger partial charge >= 0.3 is 6.18 Å². The van der Waals surface area contributed by atoms with Crippen LogP contribution in [0.2, 0.25) is 0 Å². The number of hydrogen-bond donors (Lipinski definition) is 3. The molecule has 0 rings (SSSR count). The van der Waals surface area contributed by atoms with Gasteiger partial charge in [0.05, 0.1) is 0 Å². The van der Waals surface area contributed by atoms with E-state index < -0.39 is 11.9 Å². The quantitative estimate of drug-likeness (QED) is 0.308. The van der Waals surface area contributed by atoms with Crippen LogP contribution < -0.4 is 11.3 Å². The number of nitrogens with two attached hydrogens (primary N) is 1. The number of alkyl halides is 3. The highest BCUT2D eigenvalue weighted by molar-refractivity contribution is 5.96. The lowest BCUT2D eigenvalue weighted by Gasteiger charge is -2.01. The molecule has 0 spiro atoms.